The van der Waals surface area contributed by atoms with Crippen molar-refractivity contribution in [1.29, 1.82) is 0 Å². The largest absolute Gasteiger partial charge is 0.481 e. The molecule has 0 saturated heterocycles. The molecule has 45 valence electrons. The molecule has 1 N–H and O–H groups in total. The molecular weight excluding hydrogens is 111 g/mol. The second-order valence-electron chi connectivity index (χ2n) is 2.19. The third-order valence-corrected chi connectivity index (χ3v) is 1.42. The summed E-state index contributed by atoms with van der Waals surface area (Å²) in [6, 6.07) is 0. The summed E-state index contributed by atoms with van der Waals surface area (Å²) < 4.78 is 0. The van der Waals surface area contributed by atoms with Gasteiger partial charge < -0.3 is 5.11 Å². The maximum atomic E-state index is 10.1. The van der Waals surface area contributed by atoms with Crippen LogP contribution in [-0.2, 0) is 4.79 Å². The third kappa shape index (κ3) is 1.89. The fourth-order valence-electron chi connectivity index (χ4n) is 0.812. The average molecular weight is 119 g/mol. The van der Waals surface area contributed by atoms with Crippen LogP contribution in [-0.4, -0.2) is 29.9 Å². The molecule has 1 fully saturated rings. The van der Waals surface area contributed by atoms with Crippen LogP contribution in [0.5, 0.6) is 0 Å². The Balaban J connectivity index is 0.000000640. The second-order valence-corrected chi connectivity index (χ2v) is 2.19. The van der Waals surface area contributed by atoms with Gasteiger partial charge in [-0.3, -0.25) is 4.79 Å². The monoisotopic (exact) mass is 119 g/mol. The summed E-state index contributed by atoms with van der Waals surface area (Å²) in [5.41, 5.74) is 1.07. The minimum atomic E-state index is -0.683. The van der Waals surface area contributed by atoms with E-state index in [4.69, 9.17) is 5.11 Å². The van der Waals surface area contributed by atoms with E-state index in [1.807, 2.05) is 0 Å². The maximum Gasteiger partial charge on any atom is 0.307 e. The predicted octanol–water partition coefficient (Wildman–Crippen LogP) is 0.656. The first-order valence-electron chi connectivity index (χ1n) is 2.59. The van der Waals surface area contributed by atoms with E-state index in [1.165, 1.54) is 0 Å². The SMILES string of the molecule is C=C1CC(C(=O)O)C1.[Li]. The Morgan fingerprint density at radius 2 is 2.11 bits per heavy atom. The Labute approximate surface area is 66.1 Å². The fourth-order valence-corrected chi connectivity index (χ4v) is 0.812. The van der Waals surface area contributed by atoms with Crippen molar-refractivity contribution in [3.63, 3.8) is 0 Å². The Morgan fingerprint density at radius 3 is 2.22 bits per heavy atom. The topological polar surface area (TPSA) is 37.3 Å². The molecule has 0 aliphatic heterocycles. The smallest absolute Gasteiger partial charge is 0.307 e. The van der Waals surface area contributed by atoms with Crippen LogP contribution in [0, 0.1) is 5.92 Å². The number of carboxylic acids is 1. The van der Waals surface area contributed by atoms with Crippen molar-refractivity contribution in [2.45, 2.75) is 12.8 Å². The molecular formula is C6H8LiO2. The molecule has 3 heteroatoms. The van der Waals surface area contributed by atoms with Gasteiger partial charge in [0.2, 0.25) is 0 Å². The van der Waals surface area contributed by atoms with Gasteiger partial charge in [-0.25, -0.2) is 0 Å². The summed E-state index contributed by atoms with van der Waals surface area (Å²) in [5, 5.41) is 8.31. The van der Waals surface area contributed by atoms with Gasteiger partial charge in [0, 0.05) is 18.9 Å². The van der Waals surface area contributed by atoms with E-state index in [0.717, 1.165) is 5.57 Å². The first-order valence-corrected chi connectivity index (χ1v) is 2.59. The second kappa shape index (κ2) is 3.10. The Kier molecular flexibility index (Phi) is 3.03. The van der Waals surface area contributed by atoms with Crippen LogP contribution in [0.25, 0.3) is 0 Å². The summed E-state index contributed by atoms with van der Waals surface area (Å²) in [5.74, 6) is -0.806. The molecule has 0 aromatic heterocycles. The van der Waals surface area contributed by atoms with Crippen LogP contribution in [0.2, 0.25) is 0 Å². The Morgan fingerprint density at radius 1 is 1.67 bits per heavy atom. The molecule has 2 nitrogen and oxygen atoms in total. The molecule has 1 rings (SSSR count). The van der Waals surface area contributed by atoms with Crippen LogP contribution in [0.4, 0.5) is 0 Å². The molecule has 0 unspecified atom stereocenters. The molecule has 1 radical (unpaired) electrons. The Hall–Kier alpha value is -0.193. The van der Waals surface area contributed by atoms with Crippen molar-refractivity contribution in [1.82, 2.24) is 0 Å². The first kappa shape index (κ1) is 8.81. The molecule has 0 atom stereocenters. The Bertz CT molecular complexity index is 134. The number of rotatable bonds is 1. The minimum Gasteiger partial charge on any atom is -0.481 e. The summed E-state index contributed by atoms with van der Waals surface area (Å²) >= 11 is 0. The minimum absolute atomic E-state index is 0. The van der Waals surface area contributed by atoms with Crippen molar-refractivity contribution in [2.75, 3.05) is 0 Å². The fraction of sp³-hybridized carbons (Fsp3) is 0.500. The normalized spacial score (nSPS) is 18.0. The van der Waals surface area contributed by atoms with Crippen molar-refractivity contribution >= 4 is 24.8 Å². The maximum absolute atomic E-state index is 10.1. The van der Waals surface area contributed by atoms with Gasteiger partial charge in [-0.1, -0.05) is 12.2 Å². The van der Waals surface area contributed by atoms with Gasteiger partial charge in [0.15, 0.2) is 0 Å². The van der Waals surface area contributed by atoms with E-state index in [1.54, 1.807) is 0 Å². The number of carboxylic acid groups (broad SMARTS) is 1. The molecule has 9 heavy (non-hydrogen) atoms. The van der Waals surface area contributed by atoms with Gasteiger partial charge in [-0.2, -0.15) is 0 Å². The van der Waals surface area contributed by atoms with E-state index >= 15 is 0 Å². The number of carbonyl (C=O) groups is 1. The third-order valence-electron chi connectivity index (χ3n) is 1.42. The summed E-state index contributed by atoms with van der Waals surface area (Å²) in [4.78, 5) is 10.1. The molecule has 1 aliphatic carbocycles. The molecule has 0 bridgehead atoms. The van der Waals surface area contributed by atoms with Gasteiger partial charge in [0.05, 0.1) is 5.92 Å². The molecule has 0 amide bonds. The van der Waals surface area contributed by atoms with E-state index in [0.29, 0.717) is 12.8 Å². The van der Waals surface area contributed by atoms with Gasteiger partial charge in [0.1, 0.15) is 0 Å². The molecule has 0 heterocycles. The van der Waals surface area contributed by atoms with Crippen molar-refractivity contribution in [3.05, 3.63) is 12.2 Å². The average Bonchev–Trinajstić information content (AvgIpc) is 1.57. The van der Waals surface area contributed by atoms with E-state index < -0.39 is 5.97 Å². The number of allylic oxidation sites excluding steroid dienone is 1. The van der Waals surface area contributed by atoms with Crippen LogP contribution in [0.1, 0.15) is 12.8 Å². The van der Waals surface area contributed by atoms with Crippen molar-refractivity contribution in [2.24, 2.45) is 5.92 Å². The number of aliphatic carboxylic acids is 1. The van der Waals surface area contributed by atoms with E-state index in [2.05, 4.69) is 6.58 Å². The van der Waals surface area contributed by atoms with Crippen LogP contribution < -0.4 is 0 Å². The standard InChI is InChI=1S/C6H8O2.Li/c1-4-2-5(3-4)6(7)8;/h5H,1-3H2,(H,7,8);. The zero-order chi connectivity index (χ0) is 6.15. The summed E-state index contributed by atoms with van der Waals surface area (Å²) in [7, 11) is 0. The number of hydrogen-bond donors (Lipinski definition) is 1. The predicted molar refractivity (Wildman–Crippen MR) is 35.3 cm³/mol. The van der Waals surface area contributed by atoms with Gasteiger partial charge in [0.25, 0.3) is 0 Å². The van der Waals surface area contributed by atoms with E-state index in [-0.39, 0.29) is 24.8 Å². The van der Waals surface area contributed by atoms with E-state index in [9.17, 15) is 4.79 Å². The zero-order valence-electron chi connectivity index (χ0n) is 5.55. The summed E-state index contributed by atoms with van der Waals surface area (Å²) in [6.45, 7) is 3.63. The van der Waals surface area contributed by atoms with Gasteiger partial charge >= 0.3 is 5.97 Å². The molecule has 0 aromatic rings. The van der Waals surface area contributed by atoms with Crippen molar-refractivity contribution in [3.8, 4) is 0 Å². The molecule has 0 spiro atoms. The summed E-state index contributed by atoms with van der Waals surface area (Å²) in [6.07, 6.45) is 1.38. The number of hydrogen-bond acceptors (Lipinski definition) is 1. The quantitative estimate of drug-likeness (QED) is 0.406. The molecule has 1 aliphatic rings. The molecule has 1 saturated carbocycles. The van der Waals surface area contributed by atoms with Gasteiger partial charge in [-0.05, 0) is 12.8 Å². The molecule has 0 aromatic carbocycles. The van der Waals surface area contributed by atoms with Crippen LogP contribution in [0.15, 0.2) is 12.2 Å². The van der Waals surface area contributed by atoms with Gasteiger partial charge in [-0.15, -0.1) is 0 Å². The van der Waals surface area contributed by atoms with Crippen LogP contribution in [0.3, 0.4) is 0 Å². The van der Waals surface area contributed by atoms with Crippen molar-refractivity contribution < 1.29 is 9.90 Å². The van der Waals surface area contributed by atoms with Crippen LogP contribution >= 0.6 is 0 Å². The first-order chi connectivity index (χ1) is 3.70. The zero-order valence-corrected chi connectivity index (χ0v) is 5.55.